The predicted molar refractivity (Wildman–Crippen MR) is 56.0 cm³/mol. The van der Waals surface area contributed by atoms with Crippen LogP contribution in [0.3, 0.4) is 0 Å². The highest BCUT2D eigenvalue weighted by Crippen LogP contribution is 2.21. The van der Waals surface area contributed by atoms with Crippen molar-refractivity contribution in [2.45, 2.75) is 33.2 Å². The van der Waals surface area contributed by atoms with E-state index in [-0.39, 0.29) is 11.9 Å². The van der Waals surface area contributed by atoms with Gasteiger partial charge >= 0.3 is 5.97 Å². The lowest BCUT2D eigenvalue weighted by molar-refractivity contribution is -0.146. The summed E-state index contributed by atoms with van der Waals surface area (Å²) in [4.78, 5) is 13.7. The van der Waals surface area contributed by atoms with Crippen LogP contribution in [0.4, 0.5) is 0 Å². The van der Waals surface area contributed by atoms with Crippen LogP contribution in [-0.4, -0.2) is 37.1 Å². The molecule has 0 N–H and O–H groups in total. The zero-order chi connectivity index (χ0) is 10.7. The Morgan fingerprint density at radius 2 is 2.14 bits per heavy atom. The molecule has 0 radical (unpaired) electrons. The SMILES string of the molecule is COC(=O)C(C)C(C)N1CCC(C)C1. The number of hydrogen-bond donors (Lipinski definition) is 0. The smallest absolute Gasteiger partial charge is 0.309 e. The molecule has 14 heavy (non-hydrogen) atoms. The van der Waals surface area contributed by atoms with Gasteiger partial charge in [0.15, 0.2) is 0 Å². The second-order valence-corrected chi connectivity index (χ2v) is 4.44. The molecule has 3 unspecified atom stereocenters. The van der Waals surface area contributed by atoms with Gasteiger partial charge in [-0.1, -0.05) is 13.8 Å². The summed E-state index contributed by atoms with van der Waals surface area (Å²) in [5, 5.41) is 0. The van der Waals surface area contributed by atoms with E-state index < -0.39 is 0 Å². The molecule has 0 amide bonds. The summed E-state index contributed by atoms with van der Waals surface area (Å²) in [6.07, 6.45) is 1.25. The van der Waals surface area contributed by atoms with Crippen molar-refractivity contribution in [3.8, 4) is 0 Å². The molecule has 1 aliphatic rings. The lowest BCUT2D eigenvalue weighted by Gasteiger charge is -2.27. The number of rotatable bonds is 3. The Morgan fingerprint density at radius 3 is 2.57 bits per heavy atom. The fourth-order valence-electron chi connectivity index (χ4n) is 2.04. The first-order valence-electron chi connectivity index (χ1n) is 5.38. The molecule has 1 fully saturated rings. The van der Waals surface area contributed by atoms with Crippen LogP contribution in [0.5, 0.6) is 0 Å². The predicted octanol–water partition coefficient (Wildman–Crippen LogP) is 1.53. The topological polar surface area (TPSA) is 29.5 Å². The average molecular weight is 199 g/mol. The molecule has 3 nitrogen and oxygen atoms in total. The Labute approximate surface area is 86.4 Å². The number of ether oxygens (including phenoxy) is 1. The normalized spacial score (nSPS) is 27.3. The van der Waals surface area contributed by atoms with Gasteiger partial charge in [-0.15, -0.1) is 0 Å². The average Bonchev–Trinajstić information content (AvgIpc) is 2.61. The number of esters is 1. The van der Waals surface area contributed by atoms with Crippen LogP contribution in [0.15, 0.2) is 0 Å². The van der Waals surface area contributed by atoms with Gasteiger partial charge in [0.05, 0.1) is 13.0 Å². The molecule has 0 bridgehead atoms. The zero-order valence-corrected chi connectivity index (χ0v) is 9.62. The van der Waals surface area contributed by atoms with Crippen LogP contribution in [0.25, 0.3) is 0 Å². The van der Waals surface area contributed by atoms with Crippen LogP contribution >= 0.6 is 0 Å². The van der Waals surface area contributed by atoms with Gasteiger partial charge in [0.1, 0.15) is 0 Å². The standard InChI is InChI=1S/C11H21NO2/c1-8-5-6-12(7-8)10(3)9(2)11(13)14-4/h8-10H,5-7H2,1-4H3. The first-order valence-corrected chi connectivity index (χ1v) is 5.38. The van der Waals surface area contributed by atoms with Crippen LogP contribution in [-0.2, 0) is 9.53 Å². The minimum absolute atomic E-state index is 0.0229. The molecule has 1 heterocycles. The molecule has 0 aromatic rings. The van der Waals surface area contributed by atoms with Gasteiger partial charge < -0.3 is 4.74 Å². The summed E-state index contributed by atoms with van der Waals surface area (Å²) in [6, 6.07) is 0.299. The third-order valence-corrected chi connectivity index (χ3v) is 3.33. The molecule has 3 heteroatoms. The Morgan fingerprint density at radius 1 is 1.50 bits per heavy atom. The molecule has 1 rings (SSSR count). The van der Waals surface area contributed by atoms with Gasteiger partial charge in [0, 0.05) is 12.6 Å². The maximum absolute atomic E-state index is 11.3. The van der Waals surface area contributed by atoms with Crippen molar-refractivity contribution < 1.29 is 9.53 Å². The highest BCUT2D eigenvalue weighted by atomic mass is 16.5. The summed E-state index contributed by atoms with van der Waals surface area (Å²) in [7, 11) is 1.46. The van der Waals surface area contributed by atoms with Gasteiger partial charge in [0.2, 0.25) is 0 Å². The third-order valence-electron chi connectivity index (χ3n) is 3.33. The lowest BCUT2D eigenvalue weighted by Crippen LogP contribution is -2.39. The molecule has 0 aromatic carbocycles. The number of hydrogen-bond acceptors (Lipinski definition) is 3. The number of nitrogens with zero attached hydrogens (tertiary/aromatic N) is 1. The molecule has 1 aliphatic heterocycles. The van der Waals surface area contributed by atoms with E-state index in [1.54, 1.807) is 0 Å². The summed E-state index contributed by atoms with van der Waals surface area (Å²) >= 11 is 0. The van der Waals surface area contributed by atoms with Crippen molar-refractivity contribution in [1.82, 2.24) is 4.90 Å². The maximum atomic E-state index is 11.3. The lowest BCUT2D eigenvalue weighted by atomic mass is 10.0. The van der Waals surface area contributed by atoms with E-state index in [4.69, 9.17) is 4.74 Å². The molecule has 82 valence electrons. The first kappa shape index (κ1) is 11.5. The number of methoxy groups -OCH3 is 1. The Bertz CT molecular complexity index is 205. The molecule has 0 aromatic heterocycles. The molecule has 0 aliphatic carbocycles. The van der Waals surface area contributed by atoms with Gasteiger partial charge in [0.25, 0.3) is 0 Å². The van der Waals surface area contributed by atoms with Crippen LogP contribution < -0.4 is 0 Å². The quantitative estimate of drug-likeness (QED) is 0.645. The number of carbonyl (C=O) groups excluding carboxylic acids is 1. The summed E-state index contributed by atoms with van der Waals surface area (Å²) < 4.78 is 4.75. The van der Waals surface area contributed by atoms with Gasteiger partial charge in [-0.25, -0.2) is 0 Å². The third kappa shape index (κ3) is 2.47. The Hall–Kier alpha value is -0.570. The van der Waals surface area contributed by atoms with Crippen molar-refractivity contribution in [2.75, 3.05) is 20.2 Å². The zero-order valence-electron chi connectivity index (χ0n) is 9.62. The van der Waals surface area contributed by atoms with E-state index in [1.807, 2.05) is 6.92 Å². The van der Waals surface area contributed by atoms with E-state index in [0.717, 1.165) is 19.0 Å². The van der Waals surface area contributed by atoms with E-state index in [9.17, 15) is 4.79 Å². The number of likely N-dealkylation sites (tertiary alicyclic amines) is 1. The highest BCUT2D eigenvalue weighted by Gasteiger charge is 2.30. The Balaban J connectivity index is 2.48. The fourth-order valence-corrected chi connectivity index (χ4v) is 2.04. The summed E-state index contributed by atoms with van der Waals surface area (Å²) in [6.45, 7) is 8.54. The minimum atomic E-state index is -0.1000. The molecule has 0 spiro atoms. The molecule has 3 atom stereocenters. The maximum Gasteiger partial charge on any atom is 0.309 e. The van der Waals surface area contributed by atoms with E-state index in [1.165, 1.54) is 13.5 Å². The van der Waals surface area contributed by atoms with Crippen molar-refractivity contribution >= 4 is 5.97 Å². The molecular formula is C11H21NO2. The van der Waals surface area contributed by atoms with E-state index >= 15 is 0 Å². The van der Waals surface area contributed by atoms with Crippen molar-refractivity contribution in [1.29, 1.82) is 0 Å². The molecule has 1 saturated heterocycles. The van der Waals surface area contributed by atoms with E-state index in [0.29, 0.717) is 6.04 Å². The van der Waals surface area contributed by atoms with Gasteiger partial charge in [-0.05, 0) is 25.8 Å². The van der Waals surface area contributed by atoms with Crippen LogP contribution in [0.1, 0.15) is 27.2 Å². The van der Waals surface area contributed by atoms with Crippen molar-refractivity contribution in [3.63, 3.8) is 0 Å². The van der Waals surface area contributed by atoms with Crippen LogP contribution in [0.2, 0.25) is 0 Å². The summed E-state index contributed by atoms with van der Waals surface area (Å²) in [5.74, 6) is 0.643. The first-order chi connectivity index (χ1) is 6.56. The van der Waals surface area contributed by atoms with Gasteiger partial charge in [-0.3, -0.25) is 9.69 Å². The van der Waals surface area contributed by atoms with E-state index in [2.05, 4.69) is 18.7 Å². The highest BCUT2D eigenvalue weighted by molar-refractivity contribution is 5.72. The number of carbonyl (C=O) groups is 1. The Kier molecular flexibility index (Phi) is 3.93. The second-order valence-electron chi connectivity index (χ2n) is 4.44. The summed E-state index contributed by atoms with van der Waals surface area (Å²) in [5.41, 5.74) is 0. The molecule has 0 saturated carbocycles. The van der Waals surface area contributed by atoms with Crippen LogP contribution in [0, 0.1) is 11.8 Å². The monoisotopic (exact) mass is 199 g/mol. The van der Waals surface area contributed by atoms with Crippen molar-refractivity contribution in [2.24, 2.45) is 11.8 Å². The largest absolute Gasteiger partial charge is 0.469 e. The van der Waals surface area contributed by atoms with Gasteiger partial charge in [-0.2, -0.15) is 0 Å². The minimum Gasteiger partial charge on any atom is -0.469 e. The molecular weight excluding hydrogens is 178 g/mol. The second kappa shape index (κ2) is 4.78. The fraction of sp³-hybridized carbons (Fsp3) is 0.909. The van der Waals surface area contributed by atoms with Crippen molar-refractivity contribution in [3.05, 3.63) is 0 Å².